The number of ether oxygens (including phenoxy) is 2. The van der Waals surface area contributed by atoms with Crippen molar-refractivity contribution in [2.24, 2.45) is 5.92 Å². The maximum Gasteiger partial charge on any atom is 0.230 e. The SMILES string of the molecule is Cc1ccc(C(C)C)c(OCc2nnc(SCC(=O)NCC3CN(CC(C)C)CCO3)n2N)c1. The molecule has 9 nitrogen and oxygen atoms in total. The van der Waals surface area contributed by atoms with Crippen LogP contribution in [-0.2, 0) is 16.1 Å². The minimum Gasteiger partial charge on any atom is -0.485 e. The number of hydrogen-bond donors (Lipinski definition) is 2. The smallest absolute Gasteiger partial charge is 0.230 e. The average molecular weight is 491 g/mol. The van der Waals surface area contributed by atoms with Crippen LogP contribution < -0.4 is 15.9 Å². The van der Waals surface area contributed by atoms with E-state index in [0.29, 0.717) is 36.0 Å². The van der Waals surface area contributed by atoms with Crippen LogP contribution in [0.2, 0.25) is 0 Å². The van der Waals surface area contributed by atoms with Crippen LogP contribution in [0, 0.1) is 12.8 Å². The van der Waals surface area contributed by atoms with E-state index in [1.807, 2.05) is 13.0 Å². The van der Waals surface area contributed by atoms with Gasteiger partial charge in [-0.05, 0) is 36.0 Å². The predicted molar refractivity (Wildman–Crippen MR) is 135 cm³/mol. The lowest BCUT2D eigenvalue weighted by molar-refractivity contribution is -0.119. The van der Waals surface area contributed by atoms with Gasteiger partial charge in [-0.3, -0.25) is 9.69 Å². The van der Waals surface area contributed by atoms with Gasteiger partial charge in [0.25, 0.3) is 0 Å². The fourth-order valence-corrected chi connectivity index (χ4v) is 4.59. The van der Waals surface area contributed by atoms with Crippen LogP contribution in [0.3, 0.4) is 0 Å². The Bertz CT molecular complexity index is 949. The lowest BCUT2D eigenvalue weighted by atomic mass is 10.0. The van der Waals surface area contributed by atoms with Crippen molar-refractivity contribution in [3.63, 3.8) is 0 Å². The van der Waals surface area contributed by atoms with E-state index < -0.39 is 0 Å². The van der Waals surface area contributed by atoms with Gasteiger partial charge in [-0.15, -0.1) is 10.2 Å². The molecule has 1 aromatic heterocycles. The van der Waals surface area contributed by atoms with E-state index >= 15 is 0 Å². The Morgan fingerprint density at radius 3 is 2.85 bits per heavy atom. The first-order valence-electron chi connectivity index (χ1n) is 11.9. The highest BCUT2D eigenvalue weighted by atomic mass is 32.2. The minimum atomic E-state index is -0.0864. The van der Waals surface area contributed by atoms with Crippen LogP contribution in [-0.4, -0.2) is 70.3 Å². The normalized spacial score (nSPS) is 16.9. The summed E-state index contributed by atoms with van der Waals surface area (Å²) in [5, 5.41) is 11.7. The molecule has 2 heterocycles. The number of nitrogens with two attached hydrogens (primary N) is 1. The zero-order valence-electron chi connectivity index (χ0n) is 20.9. The van der Waals surface area contributed by atoms with Crippen molar-refractivity contribution in [2.75, 3.05) is 44.4 Å². The van der Waals surface area contributed by atoms with Crippen molar-refractivity contribution in [3.8, 4) is 5.75 Å². The van der Waals surface area contributed by atoms with Crippen LogP contribution >= 0.6 is 11.8 Å². The van der Waals surface area contributed by atoms with Crippen molar-refractivity contribution < 1.29 is 14.3 Å². The van der Waals surface area contributed by atoms with Gasteiger partial charge in [0.2, 0.25) is 11.1 Å². The average Bonchev–Trinajstić information content (AvgIpc) is 3.13. The van der Waals surface area contributed by atoms with Gasteiger partial charge in [0, 0.05) is 26.2 Å². The topological polar surface area (TPSA) is 108 Å². The van der Waals surface area contributed by atoms with E-state index in [2.05, 4.69) is 60.2 Å². The molecule has 0 spiro atoms. The van der Waals surface area contributed by atoms with Gasteiger partial charge in [0.05, 0.1) is 18.5 Å². The molecule has 0 bridgehead atoms. The second-order valence-corrected chi connectivity index (χ2v) is 10.4. The van der Waals surface area contributed by atoms with Gasteiger partial charge in [-0.2, -0.15) is 0 Å². The van der Waals surface area contributed by atoms with Gasteiger partial charge >= 0.3 is 0 Å². The van der Waals surface area contributed by atoms with E-state index in [-0.39, 0.29) is 24.4 Å². The number of aryl methyl sites for hydroxylation is 1. The lowest BCUT2D eigenvalue weighted by Crippen LogP contribution is -2.48. The number of carbonyl (C=O) groups excluding carboxylic acids is 1. The largest absolute Gasteiger partial charge is 0.485 e. The summed E-state index contributed by atoms with van der Waals surface area (Å²) in [5.41, 5.74) is 2.26. The van der Waals surface area contributed by atoms with Gasteiger partial charge < -0.3 is 20.6 Å². The summed E-state index contributed by atoms with van der Waals surface area (Å²) in [6, 6.07) is 6.18. The van der Waals surface area contributed by atoms with Gasteiger partial charge in [0.15, 0.2) is 5.82 Å². The monoisotopic (exact) mass is 490 g/mol. The highest BCUT2D eigenvalue weighted by molar-refractivity contribution is 7.99. The molecule has 0 saturated carbocycles. The Kier molecular flexibility index (Phi) is 9.61. The lowest BCUT2D eigenvalue weighted by Gasteiger charge is -2.33. The number of aromatic nitrogens is 3. The Morgan fingerprint density at radius 1 is 1.32 bits per heavy atom. The zero-order valence-corrected chi connectivity index (χ0v) is 21.7. The number of amides is 1. The Morgan fingerprint density at radius 2 is 2.12 bits per heavy atom. The first kappa shape index (κ1) is 26.3. The molecule has 1 atom stereocenters. The van der Waals surface area contributed by atoms with Crippen molar-refractivity contribution in [1.82, 2.24) is 25.1 Å². The predicted octanol–water partition coefficient (Wildman–Crippen LogP) is 2.57. The molecule has 3 N–H and O–H groups in total. The van der Waals surface area contributed by atoms with Crippen molar-refractivity contribution in [2.45, 2.75) is 58.4 Å². The molecule has 188 valence electrons. The number of morpholine rings is 1. The first-order chi connectivity index (χ1) is 16.2. The molecule has 1 aliphatic heterocycles. The number of nitrogens with zero attached hydrogens (tertiary/aromatic N) is 4. The zero-order chi connectivity index (χ0) is 24.7. The van der Waals surface area contributed by atoms with Crippen molar-refractivity contribution in [1.29, 1.82) is 0 Å². The summed E-state index contributed by atoms with van der Waals surface area (Å²) in [7, 11) is 0. The summed E-state index contributed by atoms with van der Waals surface area (Å²) < 4.78 is 13.2. The molecule has 1 aromatic carbocycles. The molecule has 1 unspecified atom stereocenters. The number of carbonyl (C=O) groups is 1. The second-order valence-electron chi connectivity index (χ2n) is 9.49. The Balaban J connectivity index is 1.45. The summed E-state index contributed by atoms with van der Waals surface area (Å²) in [6.07, 6.45) is 0.0146. The van der Waals surface area contributed by atoms with Crippen LogP contribution in [0.15, 0.2) is 23.4 Å². The number of benzene rings is 1. The van der Waals surface area contributed by atoms with Crippen LogP contribution in [0.5, 0.6) is 5.75 Å². The summed E-state index contributed by atoms with van der Waals surface area (Å²) in [5.74, 6) is 8.55. The first-order valence-corrected chi connectivity index (χ1v) is 12.9. The third-order valence-corrected chi connectivity index (χ3v) is 6.53. The fraction of sp³-hybridized carbons (Fsp3) is 0.625. The van der Waals surface area contributed by atoms with Crippen molar-refractivity contribution >= 4 is 17.7 Å². The Hall–Kier alpha value is -2.30. The number of rotatable bonds is 11. The van der Waals surface area contributed by atoms with Crippen LogP contribution in [0.4, 0.5) is 0 Å². The molecule has 10 heteroatoms. The van der Waals surface area contributed by atoms with Crippen LogP contribution in [0.1, 0.15) is 50.6 Å². The summed E-state index contributed by atoms with van der Waals surface area (Å²) in [6.45, 7) is 14.9. The third-order valence-electron chi connectivity index (χ3n) is 5.59. The molecule has 0 radical (unpaired) electrons. The minimum absolute atomic E-state index is 0.0146. The number of nitrogens with one attached hydrogen (secondary N) is 1. The van der Waals surface area contributed by atoms with Gasteiger partial charge in [-0.1, -0.05) is 51.6 Å². The van der Waals surface area contributed by atoms with E-state index in [1.54, 1.807) is 0 Å². The molecule has 3 rings (SSSR count). The quantitative estimate of drug-likeness (QED) is 0.366. The van der Waals surface area contributed by atoms with E-state index in [9.17, 15) is 4.79 Å². The van der Waals surface area contributed by atoms with Gasteiger partial charge in [0.1, 0.15) is 12.4 Å². The standard InChI is InChI=1S/C24H38N6O3S/c1-16(2)12-29-8-9-32-19(13-29)11-26-23(31)15-34-24-28-27-22(30(24)25)14-33-21-10-18(5)6-7-20(21)17(3)4/h6-7,10,16-17,19H,8-9,11-15,25H2,1-5H3,(H,26,31). The van der Waals surface area contributed by atoms with E-state index in [4.69, 9.17) is 15.3 Å². The molecule has 0 aliphatic carbocycles. The van der Waals surface area contributed by atoms with Gasteiger partial charge in [-0.25, -0.2) is 4.68 Å². The highest BCUT2D eigenvalue weighted by Crippen LogP contribution is 2.28. The molecule has 34 heavy (non-hydrogen) atoms. The molecule has 1 saturated heterocycles. The van der Waals surface area contributed by atoms with Crippen LogP contribution in [0.25, 0.3) is 0 Å². The number of nitrogen functional groups attached to an aromatic ring is 1. The Labute approximate surface area is 206 Å². The summed E-state index contributed by atoms with van der Waals surface area (Å²) in [4.78, 5) is 14.7. The van der Waals surface area contributed by atoms with E-state index in [0.717, 1.165) is 36.5 Å². The molecule has 1 fully saturated rings. The van der Waals surface area contributed by atoms with Crippen molar-refractivity contribution in [3.05, 3.63) is 35.2 Å². The molecular weight excluding hydrogens is 452 g/mol. The molecule has 1 amide bonds. The maximum atomic E-state index is 12.4. The number of hydrogen-bond acceptors (Lipinski definition) is 8. The third kappa shape index (κ3) is 7.61. The molecule has 1 aliphatic rings. The fourth-order valence-electron chi connectivity index (χ4n) is 3.88. The maximum absolute atomic E-state index is 12.4. The molecular formula is C24H38N6O3S. The second kappa shape index (κ2) is 12.4. The number of thioether (sulfide) groups is 1. The highest BCUT2D eigenvalue weighted by Gasteiger charge is 2.22. The molecule has 2 aromatic rings. The summed E-state index contributed by atoms with van der Waals surface area (Å²) >= 11 is 1.25. The van der Waals surface area contributed by atoms with E-state index in [1.165, 1.54) is 16.4 Å².